The summed E-state index contributed by atoms with van der Waals surface area (Å²) >= 11 is 0. The van der Waals surface area contributed by atoms with Crippen LogP contribution in [0.15, 0.2) is 144 Å². The first-order chi connectivity index (χ1) is 35.8. The molecule has 0 aliphatic heterocycles. The fraction of sp³-hybridized carbons (Fsp3) is 0.211. The largest absolute Gasteiger partial charge is 3.00 e. The summed E-state index contributed by atoms with van der Waals surface area (Å²) in [5, 5.41) is 0.891. The van der Waals surface area contributed by atoms with Crippen molar-refractivity contribution in [1.29, 1.82) is 0 Å². The van der Waals surface area contributed by atoms with Crippen molar-refractivity contribution in [3.63, 3.8) is 0 Å². The zero-order valence-corrected chi connectivity index (χ0v) is 37.1. The number of fused-ring (bicyclic) bond motifs is 3. The van der Waals surface area contributed by atoms with Crippen LogP contribution in [0.4, 0.5) is 4.39 Å². The molecule has 0 unspecified atom stereocenters. The molecule has 9 rings (SSSR count). The topological polar surface area (TPSA) is 51.8 Å². The van der Waals surface area contributed by atoms with Gasteiger partial charge in [0.25, 0.3) is 0 Å². The number of furan rings is 1. The molecule has 0 aliphatic rings. The summed E-state index contributed by atoms with van der Waals surface area (Å²) in [4.78, 5) is 13.3. The Labute approximate surface area is 405 Å². The van der Waals surface area contributed by atoms with Crippen molar-refractivity contribution in [2.75, 3.05) is 0 Å². The number of aromatic nitrogens is 3. The number of hydrogen-bond acceptors (Lipinski definition) is 4. The van der Waals surface area contributed by atoms with Gasteiger partial charge >= 0.3 is 20.1 Å². The van der Waals surface area contributed by atoms with E-state index in [1.165, 1.54) is 58.0 Å². The van der Waals surface area contributed by atoms with Crippen LogP contribution in [0, 0.1) is 24.0 Å². The maximum atomic E-state index is 15.0. The number of benzene rings is 5. The molecule has 314 valence electrons. The van der Waals surface area contributed by atoms with Crippen LogP contribution in [0.5, 0.6) is 0 Å². The Bertz CT molecular complexity index is 3570. The monoisotopic (exact) mass is 1020 g/mol. The number of pyridine rings is 3. The minimum atomic E-state index is -3.28. The maximum absolute atomic E-state index is 15.0. The fourth-order valence-corrected chi connectivity index (χ4v) is 7.08. The first-order valence-corrected chi connectivity index (χ1v) is 19.9. The van der Waals surface area contributed by atoms with Crippen LogP contribution >= 0.6 is 0 Å². The predicted octanol–water partition coefficient (Wildman–Crippen LogP) is 13.9. The Morgan fingerprint density at radius 1 is 0.571 bits per heavy atom. The van der Waals surface area contributed by atoms with Gasteiger partial charge in [-0.05, 0) is 118 Å². The predicted molar refractivity (Wildman–Crippen MR) is 250 cm³/mol. The SMILES string of the molecule is [2H]c1ccc2c(oc3c(-c4ccc(C([2H])([2H])C([2H])([2H])c5cc(C([2H])([2H])C([2H])([2H])c6cnc(-c7[c-]cccc7)cc6C([2H])(C)C)cc(C([2H])([2H])C([2H])([2H])c6cnc(-c7[c-]cccc7)cc6C([2H])(C)C)c5)cn4)[c-]ccc32)c1F.[Ir+3]. The number of aryl methyl sites for hydroxylation is 6. The summed E-state index contributed by atoms with van der Waals surface area (Å²) in [5.41, 5.74) is -0.938. The number of halogens is 1. The van der Waals surface area contributed by atoms with Gasteiger partial charge in [0, 0.05) is 43.2 Å². The van der Waals surface area contributed by atoms with Gasteiger partial charge in [-0.25, -0.2) is 4.39 Å². The van der Waals surface area contributed by atoms with Crippen molar-refractivity contribution in [3.05, 3.63) is 208 Å². The van der Waals surface area contributed by atoms with Gasteiger partial charge in [-0.3, -0.25) is 0 Å². The Kier molecular flexibility index (Phi) is 8.87. The van der Waals surface area contributed by atoms with E-state index < -0.39 is 72.5 Å². The Morgan fingerprint density at radius 3 is 1.63 bits per heavy atom. The maximum Gasteiger partial charge on any atom is 3.00 e. The van der Waals surface area contributed by atoms with Gasteiger partial charge in [-0.15, -0.1) is 90.0 Å². The summed E-state index contributed by atoms with van der Waals surface area (Å²) in [6.45, 7) is 5.95. The van der Waals surface area contributed by atoms with Crippen LogP contribution < -0.4 is 0 Å². The van der Waals surface area contributed by atoms with E-state index in [0.29, 0.717) is 33.3 Å². The van der Waals surface area contributed by atoms with E-state index >= 15 is 4.39 Å². The van der Waals surface area contributed by atoms with E-state index in [0.717, 1.165) is 36.8 Å². The second kappa shape index (κ2) is 19.5. The van der Waals surface area contributed by atoms with Crippen LogP contribution in [0.25, 0.3) is 55.7 Å². The molecule has 0 amide bonds. The van der Waals surface area contributed by atoms with Gasteiger partial charge in [0.15, 0.2) is 11.4 Å². The van der Waals surface area contributed by atoms with E-state index in [1.807, 2.05) is 0 Å². The smallest absolute Gasteiger partial charge is 0.498 e. The van der Waals surface area contributed by atoms with E-state index in [2.05, 4.69) is 33.2 Å². The number of para-hydroxylation sites is 1. The quantitative estimate of drug-likeness (QED) is 0.102. The first-order valence-electron chi connectivity index (χ1n) is 27.4. The molecule has 0 saturated heterocycles. The van der Waals surface area contributed by atoms with Crippen LogP contribution in [0.2, 0.25) is 0 Å². The summed E-state index contributed by atoms with van der Waals surface area (Å²) in [7, 11) is 0. The average Bonchev–Trinajstić information content (AvgIpc) is 3.93. The number of nitrogens with zero attached hydrogens (tertiary/aromatic N) is 3. The van der Waals surface area contributed by atoms with Crippen molar-refractivity contribution in [1.82, 2.24) is 15.0 Å². The van der Waals surface area contributed by atoms with Gasteiger partial charge in [-0.2, -0.15) is 0 Å². The van der Waals surface area contributed by atoms with E-state index in [1.54, 1.807) is 66.7 Å². The minimum absolute atomic E-state index is 0. The molecule has 0 atom stereocenters. The third-order valence-electron chi connectivity index (χ3n) is 10.2. The normalized spacial score (nSPS) is 16.7. The second-order valence-electron chi connectivity index (χ2n) is 15.0. The molecule has 0 aliphatic carbocycles. The van der Waals surface area contributed by atoms with Crippen LogP contribution in [0.1, 0.15) is 105 Å². The summed E-state index contributed by atoms with van der Waals surface area (Å²) in [6, 6.07) is 36.7. The average molecular weight is 1020 g/mol. The molecule has 0 bridgehead atoms. The minimum Gasteiger partial charge on any atom is -0.498 e. The molecular weight excluding hydrogens is 954 g/mol. The summed E-state index contributed by atoms with van der Waals surface area (Å²) in [6.07, 6.45) is -15.9. The van der Waals surface area contributed by atoms with Gasteiger partial charge in [0.05, 0.1) is 6.95 Å². The van der Waals surface area contributed by atoms with E-state index in [4.69, 9.17) is 8.53 Å². The van der Waals surface area contributed by atoms with Gasteiger partial charge in [-0.1, -0.05) is 93.2 Å². The molecular formula is C57H49FIrN3O. The van der Waals surface area contributed by atoms with E-state index in [9.17, 15) is 16.4 Å². The Balaban J connectivity index is 0.00000803. The zero-order valence-electron chi connectivity index (χ0n) is 49.7. The summed E-state index contributed by atoms with van der Waals surface area (Å²) < 4.78 is 162. The molecule has 4 nitrogen and oxygen atoms in total. The molecule has 4 aromatic heterocycles. The van der Waals surface area contributed by atoms with Gasteiger partial charge in [0.1, 0.15) is 0 Å². The van der Waals surface area contributed by atoms with Crippen molar-refractivity contribution >= 4 is 21.9 Å². The molecule has 4 heterocycles. The number of rotatable bonds is 14. The molecule has 0 saturated carbocycles. The van der Waals surface area contributed by atoms with E-state index in [-0.39, 0.29) is 76.4 Å². The third kappa shape index (κ3) is 9.79. The molecule has 0 fully saturated rings. The second-order valence-corrected chi connectivity index (χ2v) is 15.0. The molecule has 63 heavy (non-hydrogen) atoms. The first kappa shape index (κ1) is 28.6. The van der Waals surface area contributed by atoms with Gasteiger partial charge < -0.3 is 19.4 Å². The van der Waals surface area contributed by atoms with Crippen molar-refractivity contribution in [2.24, 2.45) is 0 Å². The van der Waals surface area contributed by atoms with Crippen molar-refractivity contribution in [2.45, 2.75) is 77.7 Å². The molecule has 0 N–H and O–H groups in total. The molecule has 0 spiro atoms. The Morgan fingerprint density at radius 2 is 1.11 bits per heavy atom. The van der Waals surface area contributed by atoms with Crippen molar-refractivity contribution in [3.8, 4) is 33.8 Å². The zero-order chi connectivity index (χ0) is 56.1. The third-order valence-corrected chi connectivity index (χ3v) is 10.2. The van der Waals surface area contributed by atoms with Crippen LogP contribution in [-0.2, 0) is 58.3 Å². The fourth-order valence-electron chi connectivity index (χ4n) is 7.08. The summed E-state index contributed by atoms with van der Waals surface area (Å²) in [5.74, 6) is -3.99. The van der Waals surface area contributed by atoms with Gasteiger partial charge in [0.2, 0.25) is 0 Å². The molecule has 0 radical (unpaired) electrons. The number of hydrogen-bond donors (Lipinski definition) is 0. The van der Waals surface area contributed by atoms with Crippen molar-refractivity contribution < 1.29 is 49.5 Å². The van der Waals surface area contributed by atoms with Crippen LogP contribution in [0.3, 0.4) is 0 Å². The standard InChI is InChI=1S/C57H49FN3O.Ir/c1-37(2)50-32-54(43-13-7-5-8-14-43)60-35-45(50)26-23-41-29-40(30-42(31-41)24-27-46-36-61-55(33-51(46)38(3)4)44-15-9-6-10-16-44)22-21-39-25-28-53(59-34-39)49-19-11-17-47-48-18-12-20-52(58)57(48)62-56(47)49;/h5-13,15,17-18,20,25,28-38H,21-24,26-27H2,1-4H3;/q-3;+3/i20D,21D2,22D2,23D2,24D2,26D2,27D2,37D,38D;. The van der Waals surface area contributed by atoms with Crippen LogP contribution in [-0.4, -0.2) is 15.0 Å². The molecule has 9 aromatic rings. The molecule has 6 heteroatoms. The molecule has 5 aromatic carbocycles. The Hall–Kier alpha value is -6.07.